The average Bonchev–Trinajstić information content (AvgIpc) is 2.01. The SMILES string of the molecule is Cc1cnc(C#N)c(C)c1C. The van der Waals surface area contributed by atoms with Crippen LogP contribution in [0.2, 0.25) is 0 Å². The van der Waals surface area contributed by atoms with Crippen molar-refractivity contribution in [1.82, 2.24) is 4.98 Å². The first kappa shape index (κ1) is 7.74. The van der Waals surface area contributed by atoms with Crippen LogP contribution in [0.3, 0.4) is 0 Å². The summed E-state index contributed by atoms with van der Waals surface area (Å²) in [5, 5.41) is 8.62. The first-order valence-electron chi connectivity index (χ1n) is 3.49. The summed E-state index contributed by atoms with van der Waals surface area (Å²) in [7, 11) is 0. The Labute approximate surface area is 66.5 Å². The lowest BCUT2D eigenvalue weighted by Crippen LogP contribution is -1.93. The van der Waals surface area contributed by atoms with Crippen LogP contribution < -0.4 is 0 Å². The maximum absolute atomic E-state index is 8.62. The Bertz CT molecular complexity index is 321. The van der Waals surface area contributed by atoms with E-state index in [1.54, 1.807) is 6.20 Å². The van der Waals surface area contributed by atoms with Gasteiger partial charge >= 0.3 is 0 Å². The van der Waals surface area contributed by atoms with Crippen molar-refractivity contribution in [2.45, 2.75) is 20.8 Å². The molecule has 0 saturated heterocycles. The fraction of sp³-hybridized carbons (Fsp3) is 0.333. The molecule has 0 aromatic carbocycles. The summed E-state index contributed by atoms with van der Waals surface area (Å²) >= 11 is 0. The molecule has 0 saturated carbocycles. The Balaban J connectivity index is 3.40. The number of hydrogen-bond acceptors (Lipinski definition) is 2. The van der Waals surface area contributed by atoms with Gasteiger partial charge in [-0.2, -0.15) is 5.26 Å². The molecule has 1 aromatic heterocycles. The molecule has 2 heteroatoms. The highest BCUT2D eigenvalue weighted by Gasteiger charge is 2.02. The Kier molecular flexibility index (Phi) is 1.91. The summed E-state index contributed by atoms with van der Waals surface area (Å²) < 4.78 is 0. The number of rotatable bonds is 0. The second-order valence-electron chi connectivity index (χ2n) is 2.65. The molecule has 1 heterocycles. The predicted octanol–water partition coefficient (Wildman–Crippen LogP) is 1.88. The van der Waals surface area contributed by atoms with E-state index in [0.29, 0.717) is 5.69 Å². The Morgan fingerprint density at radius 1 is 1.27 bits per heavy atom. The minimum atomic E-state index is 0.535. The zero-order valence-electron chi connectivity index (χ0n) is 6.97. The van der Waals surface area contributed by atoms with Crippen molar-refractivity contribution in [1.29, 1.82) is 5.26 Å². The molecule has 0 unspecified atom stereocenters. The van der Waals surface area contributed by atoms with Crippen LogP contribution in [-0.4, -0.2) is 4.98 Å². The Hall–Kier alpha value is -1.36. The van der Waals surface area contributed by atoms with Crippen molar-refractivity contribution < 1.29 is 0 Å². The normalized spacial score (nSPS) is 9.27. The van der Waals surface area contributed by atoms with Crippen molar-refractivity contribution >= 4 is 0 Å². The van der Waals surface area contributed by atoms with Crippen LogP contribution in [0.25, 0.3) is 0 Å². The fourth-order valence-corrected chi connectivity index (χ4v) is 0.941. The number of aryl methyl sites for hydroxylation is 1. The lowest BCUT2D eigenvalue weighted by atomic mass is 10.1. The smallest absolute Gasteiger partial charge is 0.143 e. The van der Waals surface area contributed by atoms with Gasteiger partial charge in [-0.05, 0) is 37.5 Å². The van der Waals surface area contributed by atoms with E-state index in [0.717, 1.165) is 16.7 Å². The highest BCUT2D eigenvalue weighted by molar-refractivity contribution is 5.39. The summed E-state index contributed by atoms with van der Waals surface area (Å²) in [4.78, 5) is 4.00. The first-order chi connectivity index (χ1) is 5.16. The molecule has 0 N–H and O–H groups in total. The van der Waals surface area contributed by atoms with Gasteiger partial charge in [-0.1, -0.05) is 0 Å². The van der Waals surface area contributed by atoms with E-state index in [9.17, 15) is 0 Å². The van der Waals surface area contributed by atoms with Gasteiger partial charge in [0.1, 0.15) is 11.8 Å². The van der Waals surface area contributed by atoms with Crippen LogP contribution in [-0.2, 0) is 0 Å². The minimum Gasteiger partial charge on any atom is -0.245 e. The van der Waals surface area contributed by atoms with E-state index in [1.807, 2.05) is 20.8 Å². The van der Waals surface area contributed by atoms with Crippen molar-refractivity contribution in [3.05, 3.63) is 28.6 Å². The highest BCUT2D eigenvalue weighted by atomic mass is 14.7. The maximum Gasteiger partial charge on any atom is 0.143 e. The van der Waals surface area contributed by atoms with E-state index in [2.05, 4.69) is 11.1 Å². The highest BCUT2D eigenvalue weighted by Crippen LogP contribution is 2.12. The number of nitriles is 1. The molecule has 0 aliphatic heterocycles. The van der Waals surface area contributed by atoms with Gasteiger partial charge in [0.2, 0.25) is 0 Å². The standard InChI is InChI=1S/C9H10N2/c1-6-5-11-9(4-10)8(3)7(6)2/h5H,1-3H3. The summed E-state index contributed by atoms with van der Waals surface area (Å²) in [6.45, 7) is 5.93. The monoisotopic (exact) mass is 146 g/mol. The zero-order chi connectivity index (χ0) is 8.43. The van der Waals surface area contributed by atoms with Gasteiger partial charge in [0.05, 0.1) is 0 Å². The van der Waals surface area contributed by atoms with Crippen molar-refractivity contribution in [2.75, 3.05) is 0 Å². The van der Waals surface area contributed by atoms with Crippen LogP contribution in [0, 0.1) is 32.1 Å². The molecule has 0 amide bonds. The molecule has 0 aliphatic carbocycles. The number of pyridine rings is 1. The first-order valence-corrected chi connectivity index (χ1v) is 3.49. The van der Waals surface area contributed by atoms with E-state index >= 15 is 0 Å². The van der Waals surface area contributed by atoms with Gasteiger partial charge in [-0.3, -0.25) is 0 Å². The minimum absolute atomic E-state index is 0.535. The summed E-state index contributed by atoms with van der Waals surface area (Å²) in [5.41, 5.74) is 3.83. The molecule has 1 rings (SSSR count). The largest absolute Gasteiger partial charge is 0.245 e. The van der Waals surface area contributed by atoms with E-state index in [-0.39, 0.29) is 0 Å². The molecule has 0 atom stereocenters. The third-order valence-corrected chi connectivity index (χ3v) is 2.00. The van der Waals surface area contributed by atoms with Crippen LogP contribution in [0.5, 0.6) is 0 Å². The van der Waals surface area contributed by atoms with Crippen LogP contribution in [0.1, 0.15) is 22.4 Å². The van der Waals surface area contributed by atoms with Crippen molar-refractivity contribution in [3.63, 3.8) is 0 Å². The van der Waals surface area contributed by atoms with Gasteiger partial charge < -0.3 is 0 Å². The van der Waals surface area contributed by atoms with Crippen LogP contribution in [0.15, 0.2) is 6.20 Å². The second-order valence-corrected chi connectivity index (χ2v) is 2.65. The molecule has 56 valence electrons. The van der Waals surface area contributed by atoms with Crippen molar-refractivity contribution in [3.8, 4) is 6.07 Å². The van der Waals surface area contributed by atoms with Gasteiger partial charge in [0.25, 0.3) is 0 Å². The van der Waals surface area contributed by atoms with Crippen LogP contribution >= 0.6 is 0 Å². The molecule has 0 fully saturated rings. The molecule has 0 spiro atoms. The lowest BCUT2D eigenvalue weighted by molar-refractivity contribution is 1.13. The quantitative estimate of drug-likeness (QED) is 0.560. The predicted molar refractivity (Wildman–Crippen MR) is 43.2 cm³/mol. The lowest BCUT2D eigenvalue weighted by Gasteiger charge is -2.03. The third kappa shape index (κ3) is 1.22. The molecule has 0 aliphatic rings. The maximum atomic E-state index is 8.62. The van der Waals surface area contributed by atoms with Gasteiger partial charge in [0.15, 0.2) is 0 Å². The molecule has 2 nitrogen and oxygen atoms in total. The van der Waals surface area contributed by atoms with Crippen LogP contribution in [0.4, 0.5) is 0 Å². The molecule has 0 bridgehead atoms. The van der Waals surface area contributed by atoms with Crippen molar-refractivity contribution in [2.24, 2.45) is 0 Å². The van der Waals surface area contributed by atoms with E-state index in [1.165, 1.54) is 0 Å². The summed E-state index contributed by atoms with van der Waals surface area (Å²) in [6.07, 6.45) is 1.74. The summed E-state index contributed by atoms with van der Waals surface area (Å²) in [6, 6.07) is 2.05. The van der Waals surface area contributed by atoms with E-state index < -0.39 is 0 Å². The third-order valence-electron chi connectivity index (χ3n) is 2.00. The van der Waals surface area contributed by atoms with Gasteiger partial charge in [-0.25, -0.2) is 4.98 Å². The Morgan fingerprint density at radius 3 is 2.45 bits per heavy atom. The fourth-order valence-electron chi connectivity index (χ4n) is 0.941. The number of nitrogens with zero attached hydrogens (tertiary/aromatic N) is 2. The summed E-state index contributed by atoms with van der Waals surface area (Å²) in [5.74, 6) is 0. The van der Waals surface area contributed by atoms with Gasteiger partial charge in [-0.15, -0.1) is 0 Å². The molecular formula is C9H10N2. The molecule has 11 heavy (non-hydrogen) atoms. The second kappa shape index (κ2) is 2.71. The zero-order valence-corrected chi connectivity index (χ0v) is 6.97. The number of hydrogen-bond donors (Lipinski definition) is 0. The average molecular weight is 146 g/mol. The van der Waals surface area contributed by atoms with Gasteiger partial charge in [0, 0.05) is 6.20 Å². The number of aromatic nitrogens is 1. The molecule has 0 radical (unpaired) electrons. The Morgan fingerprint density at radius 2 is 1.91 bits per heavy atom. The van der Waals surface area contributed by atoms with E-state index in [4.69, 9.17) is 5.26 Å². The molecular weight excluding hydrogens is 136 g/mol. The molecule has 1 aromatic rings. The topological polar surface area (TPSA) is 36.7 Å².